The highest BCUT2D eigenvalue weighted by Crippen LogP contribution is 2.21. The lowest BCUT2D eigenvalue weighted by Gasteiger charge is -2.03. The van der Waals surface area contributed by atoms with Crippen molar-refractivity contribution in [1.29, 1.82) is 0 Å². The number of thiophene rings is 1. The second-order valence-electron chi connectivity index (χ2n) is 2.65. The second-order valence-corrected chi connectivity index (χ2v) is 3.43. The lowest BCUT2D eigenvalue weighted by Crippen LogP contribution is -2.27. The summed E-state index contributed by atoms with van der Waals surface area (Å²) in [6.45, 7) is 0. The van der Waals surface area contributed by atoms with Gasteiger partial charge in [0.05, 0.1) is 0 Å². The summed E-state index contributed by atoms with van der Waals surface area (Å²) < 4.78 is 70.4. The van der Waals surface area contributed by atoms with E-state index in [4.69, 9.17) is 9.90 Å². The maximum Gasteiger partial charge on any atom is 0.491 e. The molecule has 1 aromatic rings. The van der Waals surface area contributed by atoms with Crippen LogP contribution in [0.3, 0.4) is 0 Å². The molecule has 11 heteroatoms. The molecule has 0 atom stereocenters. The third-order valence-corrected chi connectivity index (χ3v) is 1.84. The lowest BCUT2D eigenvalue weighted by atomic mass is 10.6. The minimum Gasteiger partial charge on any atom is -0.475 e. The number of rotatable bonds is 1. The van der Waals surface area contributed by atoms with Crippen LogP contribution in [0.25, 0.3) is 0 Å². The zero-order chi connectivity index (χ0) is 15.3. The van der Waals surface area contributed by atoms with Crippen molar-refractivity contribution in [1.82, 2.24) is 0 Å². The molecular formula is C8H4F6O4S. The van der Waals surface area contributed by atoms with E-state index in [1.165, 1.54) is 16.8 Å². The van der Waals surface area contributed by atoms with Gasteiger partial charge in [-0.3, -0.25) is 0 Å². The number of carbonyl (C=O) groups is 2. The van der Waals surface area contributed by atoms with E-state index in [-0.39, 0.29) is 5.75 Å². The Bertz CT molecular complexity index is 421. The molecule has 0 aromatic carbocycles. The number of carboxylic acid groups (broad SMARTS) is 1. The van der Waals surface area contributed by atoms with E-state index in [1.807, 2.05) is 0 Å². The molecule has 0 amide bonds. The van der Waals surface area contributed by atoms with E-state index in [2.05, 4.69) is 4.74 Å². The highest BCUT2D eigenvalue weighted by Gasteiger charge is 2.41. The van der Waals surface area contributed by atoms with Gasteiger partial charge in [-0.15, -0.1) is 11.3 Å². The van der Waals surface area contributed by atoms with Crippen molar-refractivity contribution < 1.29 is 45.8 Å². The van der Waals surface area contributed by atoms with E-state index in [1.54, 1.807) is 0 Å². The fourth-order valence-electron chi connectivity index (χ4n) is 0.475. The number of alkyl halides is 6. The van der Waals surface area contributed by atoms with Crippen molar-refractivity contribution in [3.05, 3.63) is 16.8 Å². The van der Waals surface area contributed by atoms with Gasteiger partial charge in [0, 0.05) is 5.38 Å². The Labute approximate surface area is 105 Å². The number of ether oxygens (including phenoxy) is 1. The zero-order valence-electron chi connectivity index (χ0n) is 8.58. The molecule has 0 aliphatic carbocycles. The minimum absolute atomic E-state index is 0.0812. The molecule has 0 aliphatic rings. The van der Waals surface area contributed by atoms with Crippen molar-refractivity contribution in [3.8, 4) is 5.75 Å². The fraction of sp³-hybridized carbons (Fsp3) is 0.250. The van der Waals surface area contributed by atoms with Gasteiger partial charge in [0.15, 0.2) is 0 Å². The van der Waals surface area contributed by atoms with Gasteiger partial charge in [-0.25, -0.2) is 9.59 Å². The molecule has 0 bridgehead atoms. The highest BCUT2D eigenvalue weighted by atomic mass is 32.1. The molecule has 1 N–H and O–H groups in total. The van der Waals surface area contributed by atoms with Crippen molar-refractivity contribution in [3.63, 3.8) is 0 Å². The number of carbonyl (C=O) groups excluding carboxylic acids is 1. The zero-order valence-corrected chi connectivity index (χ0v) is 9.40. The predicted octanol–water partition coefficient (Wildman–Crippen LogP) is 2.85. The molecule has 108 valence electrons. The third-order valence-electron chi connectivity index (χ3n) is 1.18. The normalized spacial score (nSPS) is 11.3. The SMILES string of the molecule is O=C(O)C(F)(F)F.O=C(Oc1ccsc1)C(F)(F)F. The molecule has 1 aromatic heterocycles. The number of hydrogen-bond donors (Lipinski definition) is 1. The van der Waals surface area contributed by atoms with Crippen LogP contribution in [0.1, 0.15) is 0 Å². The molecule has 0 saturated carbocycles. The summed E-state index contributed by atoms with van der Waals surface area (Å²) in [6, 6.07) is 1.29. The Balaban J connectivity index is 0.000000399. The number of halogens is 6. The molecule has 0 aliphatic heterocycles. The van der Waals surface area contributed by atoms with Crippen LogP contribution >= 0.6 is 11.3 Å². The van der Waals surface area contributed by atoms with Crippen LogP contribution in [0.15, 0.2) is 16.8 Å². The Morgan fingerprint density at radius 3 is 1.84 bits per heavy atom. The van der Waals surface area contributed by atoms with Crippen molar-refractivity contribution >= 4 is 23.3 Å². The van der Waals surface area contributed by atoms with Gasteiger partial charge < -0.3 is 9.84 Å². The van der Waals surface area contributed by atoms with Crippen molar-refractivity contribution in [2.24, 2.45) is 0 Å². The summed E-state index contributed by atoms with van der Waals surface area (Å²) in [7, 11) is 0. The van der Waals surface area contributed by atoms with Crippen molar-refractivity contribution in [2.75, 3.05) is 0 Å². The summed E-state index contributed by atoms with van der Waals surface area (Å²) in [5.74, 6) is -5.03. The molecule has 0 unspecified atom stereocenters. The summed E-state index contributed by atoms with van der Waals surface area (Å²) in [5.41, 5.74) is 0. The summed E-state index contributed by atoms with van der Waals surface area (Å²) in [5, 5.41) is 9.95. The molecule has 0 radical (unpaired) electrons. The van der Waals surface area contributed by atoms with Crippen LogP contribution in [0.4, 0.5) is 26.3 Å². The molecule has 1 heterocycles. The Morgan fingerprint density at radius 1 is 1.11 bits per heavy atom. The summed E-state index contributed by atoms with van der Waals surface area (Å²) in [6.07, 6.45) is -10.0. The topological polar surface area (TPSA) is 63.6 Å². The average Bonchev–Trinajstić information content (AvgIpc) is 2.68. The standard InChI is InChI=1S/C6H3F3O2S.C2HF3O2/c7-6(8,9)5(10)11-4-1-2-12-3-4;3-2(4,5)1(6)7/h1-3H;(H,6,7). The van der Waals surface area contributed by atoms with Gasteiger partial charge in [-0.2, -0.15) is 26.3 Å². The molecule has 4 nitrogen and oxygen atoms in total. The molecule has 0 spiro atoms. The average molecular weight is 310 g/mol. The number of esters is 1. The van der Waals surface area contributed by atoms with E-state index in [9.17, 15) is 31.1 Å². The third kappa shape index (κ3) is 7.28. The van der Waals surface area contributed by atoms with E-state index in [0.717, 1.165) is 11.3 Å². The van der Waals surface area contributed by atoms with Gasteiger partial charge in [0.25, 0.3) is 0 Å². The fourth-order valence-corrected chi connectivity index (χ4v) is 1.03. The number of aliphatic carboxylic acids is 1. The van der Waals surface area contributed by atoms with Crippen LogP contribution < -0.4 is 4.74 Å². The van der Waals surface area contributed by atoms with Crippen LogP contribution in [0.5, 0.6) is 5.75 Å². The predicted molar refractivity (Wildman–Crippen MR) is 49.7 cm³/mol. The van der Waals surface area contributed by atoms with E-state index < -0.39 is 24.3 Å². The molecule has 1 rings (SSSR count). The van der Waals surface area contributed by atoms with Gasteiger partial charge in [0.1, 0.15) is 5.75 Å². The number of hydrogen-bond acceptors (Lipinski definition) is 4. The molecule has 0 saturated heterocycles. The van der Waals surface area contributed by atoms with Crippen LogP contribution in [0.2, 0.25) is 0 Å². The summed E-state index contributed by atoms with van der Waals surface area (Å²) >= 11 is 1.15. The first-order valence-electron chi connectivity index (χ1n) is 4.06. The first-order chi connectivity index (χ1) is 8.44. The maximum atomic E-state index is 11.6. The largest absolute Gasteiger partial charge is 0.491 e. The molecule has 0 fully saturated rings. The Morgan fingerprint density at radius 2 is 1.58 bits per heavy atom. The Kier molecular flexibility index (Phi) is 5.81. The highest BCUT2D eigenvalue weighted by molar-refractivity contribution is 7.08. The quantitative estimate of drug-likeness (QED) is 0.640. The van der Waals surface area contributed by atoms with E-state index >= 15 is 0 Å². The lowest BCUT2D eigenvalue weighted by molar-refractivity contribution is -0.192. The van der Waals surface area contributed by atoms with Gasteiger partial charge in [-0.1, -0.05) is 0 Å². The number of carboxylic acids is 1. The Hall–Kier alpha value is -1.78. The minimum atomic E-state index is -5.08. The first kappa shape index (κ1) is 17.2. The van der Waals surface area contributed by atoms with Gasteiger partial charge >= 0.3 is 24.3 Å². The van der Waals surface area contributed by atoms with Crippen LogP contribution in [0, 0.1) is 0 Å². The summed E-state index contributed by atoms with van der Waals surface area (Å²) in [4.78, 5) is 19.1. The smallest absolute Gasteiger partial charge is 0.475 e. The molecular weight excluding hydrogens is 306 g/mol. The van der Waals surface area contributed by atoms with Crippen LogP contribution in [-0.2, 0) is 9.59 Å². The van der Waals surface area contributed by atoms with Crippen LogP contribution in [-0.4, -0.2) is 29.4 Å². The molecule has 19 heavy (non-hydrogen) atoms. The monoisotopic (exact) mass is 310 g/mol. The van der Waals surface area contributed by atoms with Gasteiger partial charge in [0.2, 0.25) is 0 Å². The first-order valence-corrected chi connectivity index (χ1v) is 5.00. The maximum absolute atomic E-state index is 11.6. The van der Waals surface area contributed by atoms with Gasteiger partial charge in [-0.05, 0) is 11.4 Å². The van der Waals surface area contributed by atoms with Crippen molar-refractivity contribution in [2.45, 2.75) is 12.4 Å². The second kappa shape index (κ2) is 6.41. The van der Waals surface area contributed by atoms with E-state index in [0.29, 0.717) is 0 Å².